The normalized spacial score (nSPS) is 11.4. The fourth-order valence-electron chi connectivity index (χ4n) is 10.8. The maximum atomic E-state index is 12.7. The van der Waals surface area contributed by atoms with Crippen LogP contribution in [0.1, 0.15) is 97.5 Å². The molecular weight excluding hydrogens is 1110 g/mol. The van der Waals surface area contributed by atoms with E-state index in [1.54, 1.807) is 74.0 Å². The van der Waals surface area contributed by atoms with Gasteiger partial charge in [-0.3, -0.25) is 19.7 Å². The summed E-state index contributed by atoms with van der Waals surface area (Å²) in [7, 11) is 0. The number of fused-ring (bicyclic) bond motifs is 4. The minimum absolute atomic E-state index is 0. The number of aryl methyl sites for hydroxylation is 8. The first-order valence-corrected chi connectivity index (χ1v) is 27.8. The topological polar surface area (TPSA) is 295 Å². The van der Waals surface area contributed by atoms with Gasteiger partial charge in [0.05, 0.1) is 22.8 Å². The van der Waals surface area contributed by atoms with Crippen molar-refractivity contribution in [2.45, 2.75) is 75.3 Å². The summed E-state index contributed by atoms with van der Waals surface area (Å²) in [6.07, 6.45) is 24.9. The van der Waals surface area contributed by atoms with Crippen LogP contribution < -0.4 is 0 Å². The molecule has 21 nitrogen and oxygen atoms in total. The van der Waals surface area contributed by atoms with Crippen molar-refractivity contribution >= 4 is 49.9 Å². The van der Waals surface area contributed by atoms with Gasteiger partial charge in [-0.05, 0) is 121 Å². The van der Waals surface area contributed by atoms with Crippen LogP contribution in [0, 0.1) is 55.4 Å². The molecule has 0 aromatic carbocycles. The highest BCUT2D eigenvalue weighted by atomic mass is 16.5. The Kier molecular flexibility index (Phi) is 16.7. The standard InChI is InChI=1S/C18H16N4O2.C18H14N4O2.C18H16N4O.C12H11N3O.CH4/c2*1-10-16(11(2)24-22-10)13-6-14-15(9-21-18(14)20-8-13)17(23)12-4-3-5-19-7-12;1-11-17(12(2)23-22-11)15-7-16-14(9-20-18(16)21-10-15)6-13-4-3-5-19-8-13;1-7-11(8(2)16-15-7)10-5-9-3-4-13-12(9)14-6-10;/h3-9,17,23H,1-2H3,(H,20,21);3-9H,1-2H3,(H,20,21);3-5,7-10H,6H2,1-2H3,(H,20,21);3-6H,1-2H3,(H,13,14);1H4. The average molecular weight is 1170 g/mol. The molecule has 0 aliphatic rings. The van der Waals surface area contributed by atoms with Gasteiger partial charge in [0.1, 0.15) is 51.7 Å². The molecule has 0 aliphatic carbocycles. The highest BCUT2D eigenvalue weighted by Crippen LogP contribution is 2.35. The summed E-state index contributed by atoms with van der Waals surface area (Å²) in [4.78, 5) is 55.2. The molecule has 88 heavy (non-hydrogen) atoms. The van der Waals surface area contributed by atoms with Crippen molar-refractivity contribution < 1.29 is 28.0 Å². The molecule has 21 heteroatoms. The lowest BCUT2D eigenvalue weighted by atomic mass is 10.0. The first-order valence-electron chi connectivity index (χ1n) is 27.8. The Bertz CT molecular complexity index is 4820. The number of ketones is 1. The van der Waals surface area contributed by atoms with Crippen LogP contribution in [-0.2, 0) is 6.42 Å². The Balaban J connectivity index is 0.000000122. The zero-order valence-corrected chi connectivity index (χ0v) is 48.6. The zero-order valence-electron chi connectivity index (χ0n) is 48.6. The van der Waals surface area contributed by atoms with E-state index in [1.165, 1.54) is 11.1 Å². The Morgan fingerprint density at radius 3 is 1.47 bits per heavy atom. The van der Waals surface area contributed by atoms with E-state index in [9.17, 15) is 9.90 Å². The van der Waals surface area contributed by atoms with E-state index in [1.807, 2.05) is 117 Å². The van der Waals surface area contributed by atoms with Gasteiger partial charge in [0.15, 0.2) is 5.78 Å². The number of nitrogens with zero attached hydrogens (tertiary/aromatic N) is 11. The number of pyridine rings is 7. The predicted molar refractivity (Wildman–Crippen MR) is 334 cm³/mol. The molecule has 15 aromatic rings. The first kappa shape index (κ1) is 58.5. The van der Waals surface area contributed by atoms with Crippen LogP contribution in [0.3, 0.4) is 0 Å². The lowest BCUT2D eigenvalue weighted by Crippen LogP contribution is -2.00. The first-order chi connectivity index (χ1) is 42.3. The molecule has 15 aromatic heterocycles. The van der Waals surface area contributed by atoms with Crippen LogP contribution in [-0.4, -0.2) is 86.3 Å². The highest BCUT2D eigenvalue weighted by molar-refractivity contribution is 6.16. The number of hydrogen-bond donors (Lipinski definition) is 5. The molecule has 0 saturated carbocycles. The second-order valence-electron chi connectivity index (χ2n) is 20.9. The molecular formula is C67H61N15O6. The van der Waals surface area contributed by atoms with Gasteiger partial charge in [-0.1, -0.05) is 40.2 Å². The van der Waals surface area contributed by atoms with Crippen LogP contribution in [0.4, 0.5) is 0 Å². The third-order valence-corrected chi connectivity index (χ3v) is 15.0. The number of hydrogen-bond acceptors (Lipinski definition) is 17. The van der Waals surface area contributed by atoms with Crippen molar-refractivity contribution in [3.63, 3.8) is 0 Å². The van der Waals surface area contributed by atoms with Gasteiger partial charge in [-0.15, -0.1) is 0 Å². The maximum absolute atomic E-state index is 12.7. The van der Waals surface area contributed by atoms with Gasteiger partial charge in [0.25, 0.3) is 0 Å². The fraction of sp³-hybridized carbons (Fsp3) is 0.164. The molecule has 0 fully saturated rings. The van der Waals surface area contributed by atoms with Gasteiger partial charge in [0, 0.05) is 181 Å². The number of aromatic amines is 4. The molecule has 5 N–H and O–H groups in total. The quantitative estimate of drug-likeness (QED) is 0.0795. The number of rotatable bonds is 10. The van der Waals surface area contributed by atoms with E-state index in [0.29, 0.717) is 16.8 Å². The molecule has 15 rings (SSSR count). The van der Waals surface area contributed by atoms with Crippen molar-refractivity contribution in [2.75, 3.05) is 0 Å². The monoisotopic (exact) mass is 1170 g/mol. The summed E-state index contributed by atoms with van der Waals surface area (Å²) < 4.78 is 20.9. The SMILES string of the molecule is C.Cc1noc(C)c1-c1cnc2[nH]cc(C(=O)c3cccnc3)c2c1.Cc1noc(C)c1-c1cnc2[nH]cc(C(O)c3cccnc3)c2c1.Cc1noc(C)c1-c1cnc2[nH]cc(Cc3cccnc3)c2c1.Cc1noc(C)c1-c1cnc2[nH]ccc2c1. The molecule has 0 bridgehead atoms. The van der Waals surface area contributed by atoms with Crippen molar-refractivity contribution in [1.82, 2.24) is 75.5 Å². The predicted octanol–water partition coefficient (Wildman–Crippen LogP) is 14.1. The second-order valence-corrected chi connectivity index (χ2v) is 20.9. The van der Waals surface area contributed by atoms with E-state index in [0.717, 1.165) is 146 Å². The zero-order chi connectivity index (χ0) is 60.3. The number of aliphatic hydroxyl groups excluding tert-OH is 1. The van der Waals surface area contributed by atoms with Gasteiger partial charge in [-0.2, -0.15) is 0 Å². The van der Waals surface area contributed by atoms with Crippen molar-refractivity contribution in [2.24, 2.45) is 0 Å². The Hall–Kier alpha value is -11.3. The van der Waals surface area contributed by atoms with E-state index in [2.05, 4.69) is 93.6 Å². The number of H-pyrrole nitrogens is 4. The minimum atomic E-state index is -0.769. The van der Waals surface area contributed by atoms with Crippen LogP contribution in [0.2, 0.25) is 0 Å². The molecule has 0 aliphatic heterocycles. The largest absolute Gasteiger partial charge is 0.384 e. The summed E-state index contributed by atoms with van der Waals surface area (Å²) in [5.74, 6) is 3.03. The van der Waals surface area contributed by atoms with Gasteiger partial charge < -0.3 is 43.1 Å². The summed E-state index contributed by atoms with van der Waals surface area (Å²) in [5.41, 5.74) is 19.3. The molecule has 1 atom stereocenters. The number of nitrogens with one attached hydrogen (secondary N) is 4. The molecule has 1 unspecified atom stereocenters. The molecule has 0 amide bonds. The molecule has 0 radical (unpaired) electrons. The molecule has 15 heterocycles. The lowest BCUT2D eigenvalue weighted by Gasteiger charge is -2.10. The Labute approximate surface area is 503 Å². The average Bonchev–Trinajstić information content (AvgIpc) is 1.86. The smallest absolute Gasteiger partial charge is 0.196 e. The van der Waals surface area contributed by atoms with Crippen molar-refractivity contribution in [3.05, 3.63) is 233 Å². The van der Waals surface area contributed by atoms with Crippen molar-refractivity contribution in [1.29, 1.82) is 0 Å². The third kappa shape index (κ3) is 11.8. The maximum Gasteiger partial charge on any atom is 0.196 e. The summed E-state index contributed by atoms with van der Waals surface area (Å²) >= 11 is 0. The number of carbonyl (C=O) groups excluding carboxylic acids is 1. The Morgan fingerprint density at radius 2 is 0.955 bits per heavy atom. The Morgan fingerprint density at radius 1 is 0.489 bits per heavy atom. The molecule has 0 spiro atoms. The van der Waals surface area contributed by atoms with E-state index in [-0.39, 0.29) is 13.2 Å². The summed E-state index contributed by atoms with van der Waals surface area (Å²) in [6, 6.07) is 21.4. The second kappa shape index (κ2) is 25.1. The fourth-order valence-corrected chi connectivity index (χ4v) is 10.8. The van der Waals surface area contributed by atoms with Gasteiger partial charge >= 0.3 is 0 Å². The molecule has 440 valence electrons. The van der Waals surface area contributed by atoms with Crippen molar-refractivity contribution in [3.8, 4) is 44.5 Å². The van der Waals surface area contributed by atoms with Crippen LogP contribution in [0.5, 0.6) is 0 Å². The van der Waals surface area contributed by atoms with Crippen LogP contribution in [0.25, 0.3) is 88.6 Å². The number of aromatic nitrogens is 15. The minimum Gasteiger partial charge on any atom is -0.384 e. The van der Waals surface area contributed by atoms with Gasteiger partial charge in [0.2, 0.25) is 0 Å². The van der Waals surface area contributed by atoms with Gasteiger partial charge in [-0.25, -0.2) is 19.9 Å². The van der Waals surface area contributed by atoms with Crippen LogP contribution in [0.15, 0.2) is 172 Å². The van der Waals surface area contributed by atoms with Crippen LogP contribution >= 0.6 is 0 Å². The number of aliphatic hydroxyl groups is 1. The van der Waals surface area contributed by atoms with E-state index < -0.39 is 6.10 Å². The summed E-state index contributed by atoms with van der Waals surface area (Å²) in [5, 5.41) is 30.5. The lowest BCUT2D eigenvalue weighted by molar-refractivity contribution is 0.104. The third-order valence-electron chi connectivity index (χ3n) is 15.0. The molecule has 0 saturated heterocycles. The van der Waals surface area contributed by atoms with E-state index in [4.69, 9.17) is 18.1 Å². The number of carbonyl (C=O) groups is 1. The summed E-state index contributed by atoms with van der Waals surface area (Å²) in [6.45, 7) is 15.2. The highest BCUT2D eigenvalue weighted by Gasteiger charge is 2.22. The van der Waals surface area contributed by atoms with E-state index >= 15 is 0 Å².